The Balaban J connectivity index is 1.70. The van der Waals surface area contributed by atoms with Gasteiger partial charge in [-0.3, -0.25) is 9.69 Å². The smallest absolute Gasteiger partial charge is 0.242 e. The Morgan fingerprint density at radius 3 is 2.55 bits per heavy atom. The van der Waals surface area contributed by atoms with Gasteiger partial charge in [0.1, 0.15) is 6.04 Å². The van der Waals surface area contributed by atoms with Crippen LogP contribution in [0.15, 0.2) is 30.3 Å². The summed E-state index contributed by atoms with van der Waals surface area (Å²) in [6.45, 7) is 2.24. The van der Waals surface area contributed by atoms with Gasteiger partial charge in [0.2, 0.25) is 5.91 Å². The lowest BCUT2D eigenvalue weighted by atomic mass is 9.80. The molecule has 1 unspecified atom stereocenters. The minimum atomic E-state index is -0.672. The number of hydrogen-bond acceptors (Lipinski definition) is 4. The first kappa shape index (κ1) is 15.8. The first-order chi connectivity index (χ1) is 10.7. The molecular formula is C17H24N2O2S. The zero-order valence-corrected chi connectivity index (χ0v) is 13.6. The van der Waals surface area contributed by atoms with Gasteiger partial charge in [0.15, 0.2) is 0 Å². The number of hydrogen-bond donors (Lipinski definition) is 2. The van der Waals surface area contributed by atoms with Crippen LogP contribution in [-0.4, -0.2) is 52.7 Å². The van der Waals surface area contributed by atoms with Gasteiger partial charge in [-0.25, -0.2) is 0 Å². The molecule has 1 atom stereocenters. The highest BCUT2D eigenvalue weighted by molar-refractivity contribution is 7.99. The number of benzene rings is 1. The highest BCUT2D eigenvalue weighted by Crippen LogP contribution is 2.31. The van der Waals surface area contributed by atoms with Crippen molar-refractivity contribution < 1.29 is 9.90 Å². The molecule has 0 radical (unpaired) electrons. The van der Waals surface area contributed by atoms with Crippen molar-refractivity contribution in [2.45, 2.75) is 30.9 Å². The lowest BCUT2D eigenvalue weighted by Gasteiger charge is -2.38. The minimum Gasteiger partial charge on any atom is -0.388 e. The van der Waals surface area contributed by atoms with E-state index in [0.29, 0.717) is 6.54 Å². The van der Waals surface area contributed by atoms with Gasteiger partial charge in [0.05, 0.1) is 5.60 Å². The van der Waals surface area contributed by atoms with E-state index in [1.807, 2.05) is 42.1 Å². The zero-order chi connectivity index (χ0) is 15.4. The third-order valence-corrected chi connectivity index (χ3v) is 5.59. The summed E-state index contributed by atoms with van der Waals surface area (Å²) in [4.78, 5) is 15.0. The molecule has 1 aromatic carbocycles. The summed E-state index contributed by atoms with van der Waals surface area (Å²) in [7, 11) is 0. The van der Waals surface area contributed by atoms with E-state index in [1.54, 1.807) is 0 Å². The predicted octanol–water partition coefficient (Wildman–Crippen LogP) is 1.81. The molecule has 5 heteroatoms. The SMILES string of the molecule is O=C(NCC1(O)CCC1)C(c1ccccc1)N1CCSCC1. The largest absolute Gasteiger partial charge is 0.388 e. The van der Waals surface area contributed by atoms with Crippen LogP contribution in [0.4, 0.5) is 0 Å². The zero-order valence-electron chi connectivity index (χ0n) is 12.8. The van der Waals surface area contributed by atoms with Gasteiger partial charge in [-0.05, 0) is 24.8 Å². The molecule has 2 N–H and O–H groups in total. The van der Waals surface area contributed by atoms with E-state index in [2.05, 4.69) is 10.2 Å². The maximum Gasteiger partial charge on any atom is 0.242 e. The Bertz CT molecular complexity index is 499. The third-order valence-electron chi connectivity index (χ3n) is 4.65. The molecular weight excluding hydrogens is 296 g/mol. The van der Waals surface area contributed by atoms with Crippen LogP contribution < -0.4 is 5.32 Å². The summed E-state index contributed by atoms with van der Waals surface area (Å²) in [6, 6.07) is 9.72. The molecule has 0 spiro atoms. The van der Waals surface area contributed by atoms with E-state index in [4.69, 9.17) is 0 Å². The average Bonchev–Trinajstić information content (AvgIpc) is 2.53. The number of nitrogens with zero attached hydrogens (tertiary/aromatic N) is 1. The summed E-state index contributed by atoms with van der Waals surface area (Å²) in [6.07, 6.45) is 2.64. The first-order valence-electron chi connectivity index (χ1n) is 8.05. The molecule has 4 nitrogen and oxygen atoms in total. The van der Waals surface area contributed by atoms with Crippen molar-refractivity contribution in [3.8, 4) is 0 Å². The van der Waals surface area contributed by atoms with Crippen LogP contribution in [0.1, 0.15) is 30.9 Å². The van der Waals surface area contributed by atoms with Crippen LogP contribution in [0.5, 0.6) is 0 Å². The van der Waals surface area contributed by atoms with E-state index >= 15 is 0 Å². The normalized spacial score (nSPS) is 22.6. The summed E-state index contributed by atoms with van der Waals surface area (Å²) in [5, 5.41) is 13.2. The molecule has 1 amide bonds. The van der Waals surface area contributed by atoms with Crippen molar-refractivity contribution in [2.75, 3.05) is 31.1 Å². The van der Waals surface area contributed by atoms with Crippen LogP contribution in [0, 0.1) is 0 Å². The molecule has 1 heterocycles. The fourth-order valence-electron chi connectivity index (χ4n) is 3.11. The molecule has 0 bridgehead atoms. The summed E-state index contributed by atoms with van der Waals surface area (Å²) >= 11 is 1.94. The quantitative estimate of drug-likeness (QED) is 0.869. The highest BCUT2D eigenvalue weighted by Gasteiger charge is 2.36. The van der Waals surface area contributed by atoms with Crippen molar-refractivity contribution >= 4 is 17.7 Å². The van der Waals surface area contributed by atoms with E-state index in [1.165, 1.54) is 0 Å². The van der Waals surface area contributed by atoms with Crippen molar-refractivity contribution in [3.63, 3.8) is 0 Å². The minimum absolute atomic E-state index is 0.0124. The van der Waals surface area contributed by atoms with E-state index < -0.39 is 5.60 Å². The summed E-state index contributed by atoms with van der Waals surface area (Å²) in [5.74, 6) is 2.15. The Morgan fingerprint density at radius 1 is 1.27 bits per heavy atom. The molecule has 1 aromatic rings. The Labute approximate surface area is 136 Å². The van der Waals surface area contributed by atoms with E-state index in [0.717, 1.165) is 49.4 Å². The molecule has 120 valence electrons. The van der Waals surface area contributed by atoms with E-state index in [-0.39, 0.29) is 11.9 Å². The van der Waals surface area contributed by atoms with Gasteiger partial charge < -0.3 is 10.4 Å². The fourth-order valence-corrected chi connectivity index (χ4v) is 4.04. The molecule has 1 saturated carbocycles. The summed E-state index contributed by atoms with van der Waals surface area (Å²) in [5.41, 5.74) is 0.363. The van der Waals surface area contributed by atoms with Crippen LogP contribution in [0.25, 0.3) is 0 Å². The number of rotatable bonds is 5. The second-order valence-corrected chi connectivity index (χ2v) is 7.48. The second kappa shape index (κ2) is 7.02. The number of thioether (sulfide) groups is 1. The Hall–Kier alpha value is -1.04. The third kappa shape index (κ3) is 3.65. The van der Waals surface area contributed by atoms with Crippen LogP contribution in [0.3, 0.4) is 0 Å². The van der Waals surface area contributed by atoms with Gasteiger partial charge in [-0.1, -0.05) is 30.3 Å². The molecule has 1 aliphatic heterocycles. The number of aliphatic hydroxyl groups is 1. The molecule has 1 aliphatic carbocycles. The molecule has 2 aliphatic rings. The number of carbonyl (C=O) groups excluding carboxylic acids is 1. The van der Waals surface area contributed by atoms with Gasteiger partial charge in [0.25, 0.3) is 0 Å². The molecule has 22 heavy (non-hydrogen) atoms. The molecule has 0 aromatic heterocycles. The van der Waals surface area contributed by atoms with Crippen LogP contribution >= 0.6 is 11.8 Å². The molecule has 2 fully saturated rings. The lowest BCUT2D eigenvalue weighted by Crippen LogP contribution is -2.51. The van der Waals surface area contributed by atoms with Crippen LogP contribution in [-0.2, 0) is 4.79 Å². The van der Waals surface area contributed by atoms with Crippen LogP contribution in [0.2, 0.25) is 0 Å². The van der Waals surface area contributed by atoms with Gasteiger partial charge >= 0.3 is 0 Å². The Morgan fingerprint density at radius 2 is 1.95 bits per heavy atom. The maximum absolute atomic E-state index is 12.8. The van der Waals surface area contributed by atoms with Gasteiger partial charge in [-0.2, -0.15) is 11.8 Å². The topological polar surface area (TPSA) is 52.6 Å². The second-order valence-electron chi connectivity index (χ2n) is 6.26. The number of carbonyl (C=O) groups is 1. The lowest BCUT2D eigenvalue weighted by molar-refractivity contribution is -0.129. The van der Waals surface area contributed by atoms with Crippen molar-refractivity contribution in [2.24, 2.45) is 0 Å². The van der Waals surface area contributed by atoms with Gasteiger partial charge in [0, 0.05) is 31.1 Å². The highest BCUT2D eigenvalue weighted by atomic mass is 32.2. The molecule has 3 rings (SSSR count). The number of nitrogens with one attached hydrogen (secondary N) is 1. The number of amides is 1. The first-order valence-corrected chi connectivity index (χ1v) is 9.20. The van der Waals surface area contributed by atoms with Gasteiger partial charge in [-0.15, -0.1) is 0 Å². The Kier molecular flexibility index (Phi) is 5.06. The average molecular weight is 320 g/mol. The van der Waals surface area contributed by atoms with Crippen molar-refractivity contribution in [1.29, 1.82) is 0 Å². The molecule has 1 saturated heterocycles. The van der Waals surface area contributed by atoms with E-state index in [9.17, 15) is 9.90 Å². The predicted molar refractivity (Wildman–Crippen MR) is 89.9 cm³/mol. The monoisotopic (exact) mass is 320 g/mol. The fraction of sp³-hybridized carbons (Fsp3) is 0.588. The maximum atomic E-state index is 12.8. The standard InChI is InChI=1S/C17H24N2O2S/c20-16(18-13-17(21)7-4-8-17)15(14-5-2-1-3-6-14)19-9-11-22-12-10-19/h1-3,5-6,15,21H,4,7-13H2,(H,18,20). The summed E-state index contributed by atoms with van der Waals surface area (Å²) < 4.78 is 0. The van der Waals surface area contributed by atoms with Crippen molar-refractivity contribution in [1.82, 2.24) is 10.2 Å². The van der Waals surface area contributed by atoms with Crippen molar-refractivity contribution in [3.05, 3.63) is 35.9 Å².